The lowest BCUT2D eigenvalue weighted by atomic mass is 9.81. The molecule has 142 valence electrons. The Hall–Kier alpha value is -2.68. The molecular weight excluding hydrogens is 336 g/mol. The average molecular weight is 364 g/mol. The standard InChI is InChI=1S/C24H28O3/c1-6-17(18-11-9-8-10-12-18)15-20-16-19(23(26)27-7-2)13-14-21(20)22(25)24(3,4)5/h6,8-14,16-17H,1,7,15H2,2-5H3. The van der Waals surface area contributed by atoms with Gasteiger partial charge in [-0.3, -0.25) is 4.79 Å². The molecule has 0 spiro atoms. The van der Waals surface area contributed by atoms with Gasteiger partial charge in [-0.15, -0.1) is 6.58 Å². The van der Waals surface area contributed by atoms with Crippen LogP contribution >= 0.6 is 0 Å². The van der Waals surface area contributed by atoms with E-state index in [1.54, 1.807) is 25.1 Å². The van der Waals surface area contributed by atoms with Crippen LogP contribution < -0.4 is 0 Å². The van der Waals surface area contributed by atoms with E-state index in [4.69, 9.17) is 4.74 Å². The third kappa shape index (κ3) is 5.16. The zero-order valence-electron chi connectivity index (χ0n) is 16.6. The summed E-state index contributed by atoms with van der Waals surface area (Å²) in [6.45, 7) is 11.8. The van der Waals surface area contributed by atoms with Crippen LogP contribution in [0.15, 0.2) is 61.2 Å². The predicted molar refractivity (Wildman–Crippen MR) is 109 cm³/mol. The highest BCUT2D eigenvalue weighted by molar-refractivity contribution is 6.02. The van der Waals surface area contributed by atoms with Crippen LogP contribution in [0.2, 0.25) is 0 Å². The lowest BCUT2D eigenvalue weighted by molar-refractivity contribution is 0.0526. The first kappa shape index (κ1) is 20.6. The summed E-state index contributed by atoms with van der Waals surface area (Å²) in [5, 5.41) is 0. The largest absolute Gasteiger partial charge is 0.462 e. The van der Waals surface area contributed by atoms with Gasteiger partial charge in [-0.1, -0.05) is 63.2 Å². The maximum Gasteiger partial charge on any atom is 0.338 e. The Balaban J connectivity index is 2.48. The lowest BCUT2D eigenvalue weighted by Crippen LogP contribution is -2.22. The van der Waals surface area contributed by atoms with Crippen LogP contribution in [0, 0.1) is 5.41 Å². The molecule has 2 aromatic rings. The van der Waals surface area contributed by atoms with Crippen molar-refractivity contribution >= 4 is 11.8 Å². The number of carbonyl (C=O) groups excluding carboxylic acids is 2. The molecule has 0 amide bonds. The van der Waals surface area contributed by atoms with E-state index in [-0.39, 0.29) is 17.7 Å². The summed E-state index contributed by atoms with van der Waals surface area (Å²) in [6.07, 6.45) is 2.48. The van der Waals surface area contributed by atoms with Gasteiger partial charge in [0.25, 0.3) is 0 Å². The Morgan fingerprint density at radius 3 is 2.33 bits per heavy atom. The fraction of sp³-hybridized carbons (Fsp3) is 0.333. The molecule has 2 aromatic carbocycles. The molecule has 0 aromatic heterocycles. The molecule has 0 bridgehead atoms. The van der Waals surface area contributed by atoms with E-state index in [0.29, 0.717) is 24.2 Å². The van der Waals surface area contributed by atoms with Crippen LogP contribution in [0.5, 0.6) is 0 Å². The molecule has 3 nitrogen and oxygen atoms in total. The van der Waals surface area contributed by atoms with E-state index in [9.17, 15) is 9.59 Å². The maximum absolute atomic E-state index is 13.0. The molecule has 1 unspecified atom stereocenters. The molecule has 27 heavy (non-hydrogen) atoms. The fourth-order valence-corrected chi connectivity index (χ4v) is 3.00. The Bertz CT molecular complexity index is 813. The monoisotopic (exact) mass is 364 g/mol. The number of hydrogen-bond acceptors (Lipinski definition) is 3. The summed E-state index contributed by atoms with van der Waals surface area (Å²) >= 11 is 0. The van der Waals surface area contributed by atoms with Crippen LogP contribution in [0.25, 0.3) is 0 Å². The van der Waals surface area contributed by atoms with E-state index in [1.165, 1.54) is 0 Å². The number of rotatable bonds is 7. The van der Waals surface area contributed by atoms with Crippen molar-refractivity contribution in [3.63, 3.8) is 0 Å². The second-order valence-electron chi connectivity index (χ2n) is 7.63. The maximum atomic E-state index is 13.0. The number of Topliss-reactive ketones (excluding diaryl/α,β-unsaturated/α-hetero) is 1. The lowest BCUT2D eigenvalue weighted by Gasteiger charge is -2.21. The second-order valence-corrected chi connectivity index (χ2v) is 7.63. The summed E-state index contributed by atoms with van der Waals surface area (Å²) in [6, 6.07) is 15.3. The first-order chi connectivity index (χ1) is 12.8. The fourth-order valence-electron chi connectivity index (χ4n) is 3.00. The number of ketones is 1. The van der Waals surface area contributed by atoms with Crippen LogP contribution in [-0.4, -0.2) is 18.4 Å². The van der Waals surface area contributed by atoms with Crippen molar-refractivity contribution in [2.75, 3.05) is 6.61 Å². The van der Waals surface area contributed by atoms with Crippen molar-refractivity contribution in [3.8, 4) is 0 Å². The van der Waals surface area contributed by atoms with Gasteiger partial charge in [-0.05, 0) is 36.6 Å². The van der Waals surface area contributed by atoms with E-state index >= 15 is 0 Å². The van der Waals surface area contributed by atoms with Gasteiger partial charge in [0, 0.05) is 16.9 Å². The molecule has 0 N–H and O–H groups in total. The van der Waals surface area contributed by atoms with Gasteiger partial charge >= 0.3 is 5.97 Å². The van der Waals surface area contributed by atoms with Crippen molar-refractivity contribution in [3.05, 3.63) is 83.4 Å². The Labute approximate surface area is 162 Å². The second kappa shape index (κ2) is 8.81. The minimum absolute atomic E-state index is 0.0511. The van der Waals surface area contributed by atoms with Gasteiger partial charge in [0.1, 0.15) is 0 Å². The summed E-state index contributed by atoms with van der Waals surface area (Å²) in [5.41, 5.74) is 2.58. The highest BCUT2D eigenvalue weighted by atomic mass is 16.5. The Morgan fingerprint density at radius 2 is 1.78 bits per heavy atom. The summed E-state index contributed by atoms with van der Waals surface area (Å²) in [7, 11) is 0. The van der Waals surface area contributed by atoms with Crippen LogP contribution in [-0.2, 0) is 11.2 Å². The van der Waals surface area contributed by atoms with E-state index in [1.807, 2.05) is 57.2 Å². The summed E-state index contributed by atoms with van der Waals surface area (Å²) in [5.74, 6) is -0.262. The van der Waals surface area contributed by atoms with Crippen LogP contribution in [0.4, 0.5) is 0 Å². The summed E-state index contributed by atoms with van der Waals surface area (Å²) < 4.78 is 5.12. The molecule has 0 aliphatic rings. The highest BCUT2D eigenvalue weighted by Crippen LogP contribution is 2.29. The minimum atomic E-state index is -0.503. The Morgan fingerprint density at radius 1 is 1.11 bits per heavy atom. The first-order valence-corrected chi connectivity index (χ1v) is 9.30. The van der Waals surface area contributed by atoms with Crippen LogP contribution in [0.1, 0.15) is 65.5 Å². The molecule has 0 fully saturated rings. The number of benzene rings is 2. The van der Waals surface area contributed by atoms with Gasteiger partial charge in [0.05, 0.1) is 12.2 Å². The van der Waals surface area contributed by atoms with Crippen molar-refractivity contribution in [2.45, 2.75) is 40.0 Å². The molecule has 0 saturated carbocycles. The van der Waals surface area contributed by atoms with Gasteiger partial charge < -0.3 is 4.74 Å². The van der Waals surface area contributed by atoms with Gasteiger partial charge in [0.15, 0.2) is 5.78 Å². The molecular formula is C24H28O3. The first-order valence-electron chi connectivity index (χ1n) is 9.30. The molecule has 0 aliphatic carbocycles. The number of allylic oxidation sites excluding steroid dienone is 1. The highest BCUT2D eigenvalue weighted by Gasteiger charge is 2.26. The summed E-state index contributed by atoms with van der Waals surface area (Å²) in [4.78, 5) is 25.1. The van der Waals surface area contributed by atoms with Gasteiger partial charge in [-0.25, -0.2) is 4.79 Å². The van der Waals surface area contributed by atoms with Gasteiger partial charge in [-0.2, -0.15) is 0 Å². The van der Waals surface area contributed by atoms with Crippen molar-refractivity contribution in [2.24, 2.45) is 5.41 Å². The van der Waals surface area contributed by atoms with E-state index < -0.39 is 5.41 Å². The van der Waals surface area contributed by atoms with E-state index in [0.717, 1.165) is 11.1 Å². The number of hydrogen-bond donors (Lipinski definition) is 0. The topological polar surface area (TPSA) is 43.4 Å². The normalized spacial score (nSPS) is 12.3. The molecule has 2 rings (SSSR count). The Kier molecular flexibility index (Phi) is 6.73. The third-order valence-electron chi connectivity index (χ3n) is 4.49. The predicted octanol–water partition coefficient (Wildman–Crippen LogP) is 5.60. The zero-order valence-corrected chi connectivity index (χ0v) is 16.6. The molecule has 0 radical (unpaired) electrons. The molecule has 3 heteroatoms. The number of carbonyl (C=O) groups is 2. The number of ether oxygens (including phenoxy) is 1. The van der Waals surface area contributed by atoms with Crippen molar-refractivity contribution < 1.29 is 14.3 Å². The molecule has 0 heterocycles. The smallest absolute Gasteiger partial charge is 0.338 e. The SMILES string of the molecule is C=CC(Cc1cc(C(=O)OCC)ccc1C(=O)C(C)(C)C)c1ccccc1. The van der Waals surface area contributed by atoms with E-state index in [2.05, 4.69) is 6.58 Å². The van der Waals surface area contributed by atoms with Crippen molar-refractivity contribution in [1.82, 2.24) is 0 Å². The molecule has 0 saturated heterocycles. The zero-order chi connectivity index (χ0) is 20.0. The quantitative estimate of drug-likeness (QED) is 0.365. The van der Waals surface area contributed by atoms with Crippen LogP contribution in [0.3, 0.4) is 0 Å². The third-order valence-corrected chi connectivity index (χ3v) is 4.49. The number of esters is 1. The van der Waals surface area contributed by atoms with Crippen molar-refractivity contribution in [1.29, 1.82) is 0 Å². The minimum Gasteiger partial charge on any atom is -0.462 e. The average Bonchev–Trinajstić information content (AvgIpc) is 2.65. The van der Waals surface area contributed by atoms with Gasteiger partial charge in [0.2, 0.25) is 0 Å². The molecule has 0 aliphatic heterocycles. The molecule has 1 atom stereocenters.